The van der Waals surface area contributed by atoms with Crippen molar-refractivity contribution in [3.8, 4) is 0 Å². The highest BCUT2D eigenvalue weighted by atomic mass is 16.6. The molecule has 0 unspecified atom stereocenters. The van der Waals surface area contributed by atoms with Crippen LogP contribution in [0.25, 0.3) is 0 Å². The standard InChI is InChI=1S/C10H12N2O4.C2H6/c1-2-16-10(13)7-11-8-3-5-9(6-4-8)12(14)15;1-2/h3-6,11H,2,7H2,1H3;1-2H3. The lowest BCUT2D eigenvalue weighted by atomic mass is 10.3. The molecule has 1 N–H and O–H groups in total. The van der Waals surface area contributed by atoms with Crippen LogP contribution in [-0.4, -0.2) is 24.0 Å². The van der Waals surface area contributed by atoms with Crippen LogP contribution in [-0.2, 0) is 9.53 Å². The molecule has 0 aliphatic rings. The van der Waals surface area contributed by atoms with Crippen molar-refractivity contribution in [2.75, 3.05) is 18.5 Å². The topological polar surface area (TPSA) is 81.5 Å². The second-order valence-electron chi connectivity index (χ2n) is 2.96. The Balaban J connectivity index is 0.00000137. The van der Waals surface area contributed by atoms with E-state index in [9.17, 15) is 14.9 Å². The predicted molar refractivity (Wildman–Crippen MR) is 69.6 cm³/mol. The number of nitro groups is 1. The summed E-state index contributed by atoms with van der Waals surface area (Å²) in [6.07, 6.45) is 0. The quantitative estimate of drug-likeness (QED) is 0.496. The van der Waals surface area contributed by atoms with E-state index in [0.29, 0.717) is 12.3 Å². The van der Waals surface area contributed by atoms with Crippen LogP contribution in [0, 0.1) is 10.1 Å². The number of nitro benzene ring substituents is 1. The number of esters is 1. The Labute approximate surface area is 106 Å². The molecule has 6 heteroatoms. The van der Waals surface area contributed by atoms with Crippen molar-refractivity contribution < 1.29 is 14.5 Å². The Morgan fingerprint density at radius 2 is 1.89 bits per heavy atom. The number of nitrogens with zero attached hydrogens (tertiary/aromatic N) is 1. The zero-order valence-electron chi connectivity index (χ0n) is 10.8. The number of rotatable bonds is 5. The molecule has 1 rings (SSSR count). The van der Waals surface area contributed by atoms with Crippen LogP contribution in [0.5, 0.6) is 0 Å². The maximum atomic E-state index is 11.0. The van der Waals surface area contributed by atoms with E-state index in [1.54, 1.807) is 6.92 Å². The minimum Gasteiger partial charge on any atom is -0.465 e. The van der Waals surface area contributed by atoms with Gasteiger partial charge in [0.15, 0.2) is 0 Å². The summed E-state index contributed by atoms with van der Waals surface area (Å²) in [5.41, 5.74) is 0.653. The first-order valence-corrected chi connectivity index (χ1v) is 5.77. The predicted octanol–water partition coefficient (Wildman–Crippen LogP) is 2.60. The number of hydrogen-bond acceptors (Lipinski definition) is 5. The molecule has 0 heterocycles. The van der Waals surface area contributed by atoms with Crippen LogP contribution in [0.1, 0.15) is 20.8 Å². The molecule has 0 aliphatic heterocycles. The second kappa shape index (κ2) is 8.98. The fourth-order valence-corrected chi connectivity index (χ4v) is 1.09. The number of non-ortho nitro benzene ring substituents is 1. The van der Waals surface area contributed by atoms with Gasteiger partial charge in [0, 0.05) is 17.8 Å². The minimum atomic E-state index is -0.477. The Kier molecular flexibility index (Phi) is 7.92. The molecule has 0 spiro atoms. The highest BCUT2D eigenvalue weighted by molar-refractivity contribution is 5.75. The van der Waals surface area contributed by atoms with Crippen LogP contribution in [0.15, 0.2) is 24.3 Å². The molecule has 0 aliphatic carbocycles. The Bertz CT molecular complexity index is 376. The SMILES string of the molecule is CC.CCOC(=O)CNc1ccc([N+](=O)[O-])cc1. The number of nitrogens with one attached hydrogen (secondary N) is 1. The second-order valence-corrected chi connectivity index (χ2v) is 2.96. The summed E-state index contributed by atoms with van der Waals surface area (Å²) in [6.45, 7) is 6.11. The molecular weight excluding hydrogens is 236 g/mol. The number of ether oxygens (including phenoxy) is 1. The molecule has 0 saturated heterocycles. The molecule has 100 valence electrons. The van der Waals surface area contributed by atoms with Crippen LogP contribution >= 0.6 is 0 Å². The van der Waals surface area contributed by atoms with Gasteiger partial charge in [0.1, 0.15) is 6.54 Å². The monoisotopic (exact) mass is 254 g/mol. The van der Waals surface area contributed by atoms with Gasteiger partial charge in [0.05, 0.1) is 11.5 Å². The van der Waals surface area contributed by atoms with Gasteiger partial charge in [0.25, 0.3) is 5.69 Å². The first-order chi connectivity index (χ1) is 8.63. The van der Waals surface area contributed by atoms with Gasteiger partial charge in [-0.05, 0) is 19.1 Å². The van der Waals surface area contributed by atoms with Gasteiger partial charge in [0.2, 0.25) is 0 Å². The van der Waals surface area contributed by atoms with E-state index in [1.165, 1.54) is 24.3 Å². The molecule has 0 aromatic heterocycles. The molecule has 18 heavy (non-hydrogen) atoms. The summed E-state index contributed by atoms with van der Waals surface area (Å²) in [5.74, 6) is -0.360. The molecule has 0 radical (unpaired) electrons. The smallest absolute Gasteiger partial charge is 0.325 e. The summed E-state index contributed by atoms with van der Waals surface area (Å²) in [5, 5.41) is 13.2. The molecule has 6 nitrogen and oxygen atoms in total. The van der Waals surface area contributed by atoms with Gasteiger partial charge in [-0.1, -0.05) is 13.8 Å². The third-order valence-corrected chi connectivity index (χ3v) is 1.82. The summed E-state index contributed by atoms with van der Waals surface area (Å²) < 4.78 is 4.72. The van der Waals surface area contributed by atoms with Crippen molar-refractivity contribution in [3.05, 3.63) is 34.4 Å². The van der Waals surface area contributed by atoms with Gasteiger partial charge in [-0.3, -0.25) is 14.9 Å². The van der Waals surface area contributed by atoms with Gasteiger partial charge < -0.3 is 10.1 Å². The minimum absolute atomic E-state index is 0.0154. The molecule has 1 aromatic carbocycles. The number of benzene rings is 1. The van der Waals surface area contributed by atoms with Crippen molar-refractivity contribution in [2.45, 2.75) is 20.8 Å². The zero-order valence-corrected chi connectivity index (χ0v) is 10.8. The maximum absolute atomic E-state index is 11.0. The average Bonchev–Trinajstić information content (AvgIpc) is 2.39. The molecule has 0 bridgehead atoms. The molecule has 1 aromatic rings. The lowest BCUT2D eigenvalue weighted by Crippen LogP contribution is -2.16. The summed E-state index contributed by atoms with van der Waals surface area (Å²) in [7, 11) is 0. The fourth-order valence-electron chi connectivity index (χ4n) is 1.09. The highest BCUT2D eigenvalue weighted by Gasteiger charge is 2.05. The van der Waals surface area contributed by atoms with Crippen LogP contribution in [0.4, 0.5) is 11.4 Å². The first-order valence-electron chi connectivity index (χ1n) is 5.77. The van der Waals surface area contributed by atoms with Crippen LogP contribution in [0.2, 0.25) is 0 Å². The summed E-state index contributed by atoms with van der Waals surface area (Å²) in [4.78, 5) is 20.9. The number of hydrogen-bond donors (Lipinski definition) is 1. The van der Waals surface area contributed by atoms with Gasteiger partial charge in [-0.25, -0.2) is 0 Å². The third kappa shape index (κ3) is 5.83. The van der Waals surface area contributed by atoms with Crippen molar-refractivity contribution in [3.63, 3.8) is 0 Å². The number of carbonyl (C=O) groups excluding carboxylic acids is 1. The Morgan fingerprint density at radius 3 is 2.33 bits per heavy atom. The lowest BCUT2D eigenvalue weighted by molar-refractivity contribution is -0.384. The highest BCUT2D eigenvalue weighted by Crippen LogP contribution is 2.14. The normalized spacial score (nSPS) is 8.83. The molecule has 0 atom stereocenters. The van der Waals surface area contributed by atoms with E-state index in [2.05, 4.69) is 5.32 Å². The fraction of sp³-hybridized carbons (Fsp3) is 0.417. The van der Waals surface area contributed by atoms with Gasteiger partial charge in [-0.2, -0.15) is 0 Å². The lowest BCUT2D eigenvalue weighted by Gasteiger charge is -2.05. The summed E-state index contributed by atoms with van der Waals surface area (Å²) in [6, 6.07) is 5.82. The van der Waals surface area contributed by atoms with E-state index in [0.717, 1.165) is 0 Å². The van der Waals surface area contributed by atoms with Crippen molar-refractivity contribution in [2.24, 2.45) is 0 Å². The first kappa shape index (κ1) is 15.9. The van der Waals surface area contributed by atoms with E-state index >= 15 is 0 Å². The largest absolute Gasteiger partial charge is 0.465 e. The maximum Gasteiger partial charge on any atom is 0.325 e. The van der Waals surface area contributed by atoms with E-state index in [1.807, 2.05) is 13.8 Å². The van der Waals surface area contributed by atoms with E-state index in [-0.39, 0.29) is 18.2 Å². The van der Waals surface area contributed by atoms with E-state index in [4.69, 9.17) is 4.74 Å². The van der Waals surface area contributed by atoms with Gasteiger partial charge >= 0.3 is 5.97 Å². The molecule has 0 fully saturated rings. The molecule has 0 saturated carbocycles. The molecular formula is C12H18N2O4. The number of carbonyl (C=O) groups is 1. The third-order valence-electron chi connectivity index (χ3n) is 1.82. The summed E-state index contributed by atoms with van der Waals surface area (Å²) >= 11 is 0. The average molecular weight is 254 g/mol. The van der Waals surface area contributed by atoms with Crippen molar-refractivity contribution in [1.29, 1.82) is 0 Å². The zero-order chi connectivity index (χ0) is 14.0. The van der Waals surface area contributed by atoms with Crippen molar-refractivity contribution in [1.82, 2.24) is 0 Å². The Hall–Kier alpha value is -2.11. The van der Waals surface area contributed by atoms with Crippen LogP contribution in [0.3, 0.4) is 0 Å². The van der Waals surface area contributed by atoms with Gasteiger partial charge in [-0.15, -0.1) is 0 Å². The van der Waals surface area contributed by atoms with Crippen molar-refractivity contribution >= 4 is 17.3 Å². The Morgan fingerprint density at radius 1 is 1.33 bits per heavy atom. The van der Waals surface area contributed by atoms with E-state index < -0.39 is 4.92 Å². The number of anilines is 1. The van der Waals surface area contributed by atoms with Crippen LogP contribution < -0.4 is 5.32 Å². The molecule has 0 amide bonds.